The Morgan fingerprint density at radius 1 is 1.43 bits per heavy atom. The van der Waals surface area contributed by atoms with E-state index >= 15 is 0 Å². The van der Waals surface area contributed by atoms with Gasteiger partial charge < -0.3 is 19.9 Å². The van der Waals surface area contributed by atoms with E-state index in [1.54, 1.807) is 11.3 Å². The van der Waals surface area contributed by atoms with Crippen molar-refractivity contribution in [2.75, 3.05) is 44.2 Å². The zero-order valence-electron chi connectivity index (χ0n) is 12.5. The Morgan fingerprint density at radius 3 is 2.81 bits per heavy atom. The minimum Gasteiger partial charge on any atom is -0.375 e. The van der Waals surface area contributed by atoms with Crippen LogP contribution in [0.1, 0.15) is 11.8 Å². The highest BCUT2D eigenvalue weighted by Gasteiger charge is 2.33. The number of aryl methyl sites for hydroxylation is 1. The van der Waals surface area contributed by atoms with Gasteiger partial charge in [-0.15, -0.1) is 11.3 Å². The summed E-state index contributed by atoms with van der Waals surface area (Å²) in [5, 5.41) is 4.33. The SMILES string of the molecule is Cc1cnc(N2CCN(C(=O)[C@H]3NCCO[C@@H]3C)CC2)s1. The fraction of sp³-hybridized carbons (Fsp3) is 0.714. The number of anilines is 1. The van der Waals surface area contributed by atoms with Gasteiger partial charge >= 0.3 is 0 Å². The number of nitrogens with one attached hydrogen (secondary N) is 1. The first-order valence-electron chi connectivity index (χ1n) is 7.46. The molecule has 0 aliphatic carbocycles. The Morgan fingerprint density at radius 2 is 2.19 bits per heavy atom. The Balaban J connectivity index is 1.56. The molecule has 3 rings (SSSR count). The van der Waals surface area contributed by atoms with E-state index in [0.29, 0.717) is 6.61 Å². The van der Waals surface area contributed by atoms with Gasteiger partial charge in [0.25, 0.3) is 0 Å². The lowest BCUT2D eigenvalue weighted by Crippen LogP contribution is -2.59. The van der Waals surface area contributed by atoms with Crippen molar-refractivity contribution in [3.63, 3.8) is 0 Å². The smallest absolute Gasteiger partial charge is 0.242 e. The molecule has 0 radical (unpaired) electrons. The number of amides is 1. The quantitative estimate of drug-likeness (QED) is 0.861. The molecule has 2 atom stereocenters. The van der Waals surface area contributed by atoms with Gasteiger partial charge in [0, 0.05) is 43.8 Å². The highest BCUT2D eigenvalue weighted by molar-refractivity contribution is 7.15. The fourth-order valence-corrected chi connectivity index (χ4v) is 3.62. The van der Waals surface area contributed by atoms with Crippen LogP contribution in [0.5, 0.6) is 0 Å². The van der Waals surface area contributed by atoms with Crippen molar-refractivity contribution in [1.82, 2.24) is 15.2 Å². The van der Waals surface area contributed by atoms with Crippen LogP contribution in [0.3, 0.4) is 0 Å². The first-order valence-corrected chi connectivity index (χ1v) is 8.28. The molecule has 0 saturated carbocycles. The molecule has 0 unspecified atom stereocenters. The number of thiazole rings is 1. The van der Waals surface area contributed by atoms with Crippen molar-refractivity contribution < 1.29 is 9.53 Å². The van der Waals surface area contributed by atoms with Crippen LogP contribution in [-0.2, 0) is 9.53 Å². The third kappa shape index (κ3) is 3.20. The number of morpholine rings is 1. The maximum absolute atomic E-state index is 12.6. The summed E-state index contributed by atoms with van der Waals surface area (Å²) in [6.45, 7) is 8.66. The molecule has 0 aromatic carbocycles. The van der Waals surface area contributed by atoms with Gasteiger partial charge in [-0.1, -0.05) is 0 Å². The molecular formula is C14H22N4O2S. The lowest BCUT2D eigenvalue weighted by atomic mass is 10.1. The van der Waals surface area contributed by atoms with Gasteiger partial charge in [-0.25, -0.2) is 4.98 Å². The molecule has 2 fully saturated rings. The monoisotopic (exact) mass is 310 g/mol. The number of piperazine rings is 1. The predicted molar refractivity (Wildman–Crippen MR) is 82.8 cm³/mol. The fourth-order valence-electron chi connectivity index (χ4n) is 2.81. The molecular weight excluding hydrogens is 288 g/mol. The van der Waals surface area contributed by atoms with Gasteiger partial charge in [-0.2, -0.15) is 0 Å². The molecule has 21 heavy (non-hydrogen) atoms. The van der Waals surface area contributed by atoms with Crippen molar-refractivity contribution >= 4 is 22.4 Å². The highest BCUT2D eigenvalue weighted by atomic mass is 32.1. The molecule has 116 valence electrons. The van der Waals surface area contributed by atoms with Crippen LogP contribution < -0.4 is 10.2 Å². The number of nitrogens with zero attached hydrogens (tertiary/aromatic N) is 3. The second-order valence-corrected chi connectivity index (χ2v) is 6.79. The van der Waals surface area contributed by atoms with Crippen LogP contribution in [0.25, 0.3) is 0 Å². The number of carbonyl (C=O) groups is 1. The zero-order chi connectivity index (χ0) is 14.8. The molecule has 1 aromatic heterocycles. The maximum atomic E-state index is 12.6. The van der Waals surface area contributed by atoms with Crippen molar-refractivity contribution in [2.45, 2.75) is 26.0 Å². The van der Waals surface area contributed by atoms with Crippen molar-refractivity contribution in [3.05, 3.63) is 11.1 Å². The lowest BCUT2D eigenvalue weighted by Gasteiger charge is -2.38. The lowest BCUT2D eigenvalue weighted by molar-refractivity contribution is -0.139. The highest BCUT2D eigenvalue weighted by Crippen LogP contribution is 2.23. The zero-order valence-corrected chi connectivity index (χ0v) is 13.4. The first kappa shape index (κ1) is 14.7. The van der Waals surface area contributed by atoms with Crippen LogP contribution in [0, 0.1) is 6.92 Å². The topological polar surface area (TPSA) is 57.7 Å². The summed E-state index contributed by atoms with van der Waals surface area (Å²) in [5.41, 5.74) is 0. The molecule has 2 aliphatic heterocycles. The number of carbonyl (C=O) groups excluding carboxylic acids is 1. The molecule has 2 saturated heterocycles. The van der Waals surface area contributed by atoms with E-state index in [0.717, 1.165) is 37.9 Å². The summed E-state index contributed by atoms with van der Waals surface area (Å²) in [4.78, 5) is 22.4. The van der Waals surface area contributed by atoms with Crippen LogP contribution in [0.4, 0.5) is 5.13 Å². The second kappa shape index (κ2) is 6.29. The van der Waals surface area contributed by atoms with Crippen LogP contribution in [-0.4, -0.2) is 67.3 Å². The Hall–Kier alpha value is -1.18. The minimum absolute atomic E-state index is 0.0501. The van der Waals surface area contributed by atoms with E-state index in [1.807, 2.05) is 18.0 Å². The van der Waals surface area contributed by atoms with Gasteiger partial charge in [-0.3, -0.25) is 4.79 Å². The molecule has 7 heteroatoms. The molecule has 2 aliphatic rings. The molecule has 6 nitrogen and oxygen atoms in total. The average Bonchev–Trinajstić information content (AvgIpc) is 2.94. The van der Waals surface area contributed by atoms with E-state index in [4.69, 9.17) is 4.74 Å². The van der Waals surface area contributed by atoms with E-state index in [1.165, 1.54) is 4.88 Å². The molecule has 1 aromatic rings. The van der Waals surface area contributed by atoms with Crippen LogP contribution >= 0.6 is 11.3 Å². The maximum Gasteiger partial charge on any atom is 0.242 e. The van der Waals surface area contributed by atoms with Gasteiger partial charge in [-0.05, 0) is 13.8 Å². The van der Waals surface area contributed by atoms with Gasteiger partial charge in [0.1, 0.15) is 6.04 Å². The molecule has 3 heterocycles. The molecule has 1 amide bonds. The normalized spacial score (nSPS) is 27.0. The van der Waals surface area contributed by atoms with Gasteiger partial charge in [0.2, 0.25) is 5.91 Å². The Bertz CT molecular complexity index is 499. The predicted octanol–water partition coefficient (Wildman–Crippen LogP) is 0.477. The summed E-state index contributed by atoms with van der Waals surface area (Å²) in [5.74, 6) is 0.164. The summed E-state index contributed by atoms with van der Waals surface area (Å²) >= 11 is 1.71. The second-order valence-electron chi connectivity index (χ2n) is 5.57. The van der Waals surface area contributed by atoms with Crippen LogP contribution in [0.15, 0.2) is 6.20 Å². The summed E-state index contributed by atoms with van der Waals surface area (Å²) in [6, 6.07) is -0.201. The van der Waals surface area contributed by atoms with E-state index in [-0.39, 0.29) is 18.1 Å². The number of ether oxygens (including phenoxy) is 1. The number of rotatable bonds is 2. The van der Waals surface area contributed by atoms with E-state index in [2.05, 4.69) is 22.1 Å². The molecule has 0 spiro atoms. The molecule has 1 N–H and O–H groups in total. The Kier molecular flexibility index (Phi) is 4.42. The minimum atomic E-state index is -0.201. The largest absolute Gasteiger partial charge is 0.375 e. The van der Waals surface area contributed by atoms with Crippen molar-refractivity contribution in [3.8, 4) is 0 Å². The van der Waals surface area contributed by atoms with Crippen LogP contribution in [0.2, 0.25) is 0 Å². The third-order valence-electron chi connectivity index (χ3n) is 4.05. The van der Waals surface area contributed by atoms with Gasteiger partial charge in [0.15, 0.2) is 5.13 Å². The summed E-state index contributed by atoms with van der Waals surface area (Å²) in [6.07, 6.45) is 1.86. The third-order valence-corrected chi connectivity index (χ3v) is 5.03. The van der Waals surface area contributed by atoms with E-state index < -0.39 is 0 Å². The van der Waals surface area contributed by atoms with Crippen molar-refractivity contribution in [2.24, 2.45) is 0 Å². The van der Waals surface area contributed by atoms with Gasteiger partial charge in [0.05, 0.1) is 12.7 Å². The summed E-state index contributed by atoms with van der Waals surface area (Å²) < 4.78 is 5.57. The average molecular weight is 310 g/mol. The summed E-state index contributed by atoms with van der Waals surface area (Å²) in [7, 11) is 0. The molecule has 0 bridgehead atoms. The first-order chi connectivity index (χ1) is 10.1. The number of aromatic nitrogens is 1. The number of hydrogen-bond acceptors (Lipinski definition) is 6. The standard InChI is InChI=1S/C14H22N4O2S/c1-10-9-16-14(21-10)18-6-4-17(5-7-18)13(19)12-11(2)20-8-3-15-12/h9,11-12,15H,3-8H2,1-2H3/t11-,12+/m1/s1. The number of hydrogen-bond donors (Lipinski definition) is 1. The Labute approximate surface area is 129 Å². The van der Waals surface area contributed by atoms with Crippen molar-refractivity contribution in [1.29, 1.82) is 0 Å². The van der Waals surface area contributed by atoms with E-state index in [9.17, 15) is 4.79 Å².